The molecule has 0 aliphatic carbocycles. The van der Waals surface area contributed by atoms with Gasteiger partial charge in [0.25, 0.3) is 5.56 Å². The Morgan fingerprint density at radius 3 is 2.61 bits per heavy atom. The molecule has 2 aromatic heterocycles. The summed E-state index contributed by atoms with van der Waals surface area (Å²) in [6.07, 6.45) is 2.05. The standard InChI is InChI=1S/C27H30N4O5/c1-17-10-11-21-20(16-36-24(21)18(17)2)14-22(32)30(12-7-13-35-3)23-25(28)31(27(34)29-26(23)33)15-19-8-5-4-6-9-19/h4-6,8-11,16H,7,12-15,28H2,1-3H3,(H,29,33,34). The monoisotopic (exact) mass is 490 g/mol. The van der Waals surface area contributed by atoms with E-state index >= 15 is 0 Å². The third-order valence-corrected chi connectivity index (χ3v) is 6.38. The number of aromatic amines is 1. The van der Waals surface area contributed by atoms with Crippen LogP contribution in [0.2, 0.25) is 0 Å². The molecule has 2 heterocycles. The molecule has 0 radical (unpaired) electrons. The van der Waals surface area contributed by atoms with Crippen LogP contribution in [0.25, 0.3) is 11.0 Å². The third kappa shape index (κ3) is 4.96. The number of H-pyrrole nitrogens is 1. The molecule has 0 unspecified atom stereocenters. The Labute approximate surface area is 208 Å². The van der Waals surface area contributed by atoms with Gasteiger partial charge < -0.3 is 19.8 Å². The third-order valence-electron chi connectivity index (χ3n) is 6.38. The quantitative estimate of drug-likeness (QED) is 0.348. The van der Waals surface area contributed by atoms with Crippen LogP contribution in [0, 0.1) is 13.8 Å². The molecule has 0 saturated carbocycles. The van der Waals surface area contributed by atoms with E-state index in [2.05, 4.69) is 4.98 Å². The van der Waals surface area contributed by atoms with Crippen molar-refractivity contribution in [3.05, 3.63) is 91.8 Å². The van der Waals surface area contributed by atoms with Gasteiger partial charge in [-0.3, -0.25) is 19.1 Å². The number of rotatable bonds is 9. The van der Waals surface area contributed by atoms with Gasteiger partial charge in [0.2, 0.25) is 5.91 Å². The van der Waals surface area contributed by atoms with Gasteiger partial charge in [-0.05, 0) is 37.0 Å². The molecule has 9 nitrogen and oxygen atoms in total. The van der Waals surface area contributed by atoms with Gasteiger partial charge in [0.05, 0.1) is 19.2 Å². The molecule has 1 amide bonds. The number of aryl methyl sites for hydroxylation is 2. The van der Waals surface area contributed by atoms with Crippen LogP contribution in [0.15, 0.2) is 62.7 Å². The minimum atomic E-state index is -0.712. The van der Waals surface area contributed by atoms with Gasteiger partial charge in [-0.25, -0.2) is 4.79 Å². The summed E-state index contributed by atoms with van der Waals surface area (Å²) < 4.78 is 12.2. The summed E-state index contributed by atoms with van der Waals surface area (Å²) >= 11 is 0. The number of hydrogen-bond donors (Lipinski definition) is 2. The number of nitrogens with one attached hydrogen (secondary N) is 1. The SMILES string of the molecule is COCCCN(C(=O)Cc1coc2c(C)c(C)ccc12)c1c(N)n(Cc2ccccc2)c(=O)[nH]c1=O. The molecular weight excluding hydrogens is 460 g/mol. The number of hydrogen-bond acceptors (Lipinski definition) is 6. The van der Waals surface area contributed by atoms with E-state index in [-0.39, 0.29) is 36.9 Å². The lowest BCUT2D eigenvalue weighted by Gasteiger charge is -2.24. The number of aromatic nitrogens is 2. The Morgan fingerprint density at radius 2 is 1.89 bits per heavy atom. The van der Waals surface area contributed by atoms with E-state index < -0.39 is 11.2 Å². The number of amides is 1. The number of anilines is 2. The van der Waals surface area contributed by atoms with Crippen LogP contribution < -0.4 is 21.9 Å². The van der Waals surface area contributed by atoms with E-state index in [4.69, 9.17) is 14.9 Å². The number of methoxy groups -OCH3 is 1. The van der Waals surface area contributed by atoms with Crippen molar-refractivity contribution in [1.29, 1.82) is 0 Å². The zero-order valence-electron chi connectivity index (χ0n) is 20.7. The average Bonchev–Trinajstić information content (AvgIpc) is 3.26. The molecule has 0 atom stereocenters. The van der Waals surface area contributed by atoms with E-state index in [1.54, 1.807) is 13.4 Å². The fourth-order valence-electron chi connectivity index (χ4n) is 4.27. The van der Waals surface area contributed by atoms with Crippen molar-refractivity contribution in [2.75, 3.05) is 30.9 Å². The Morgan fingerprint density at radius 1 is 1.14 bits per heavy atom. The fraction of sp³-hybridized carbons (Fsp3) is 0.296. The molecule has 0 aliphatic heterocycles. The molecule has 0 bridgehead atoms. The summed E-state index contributed by atoms with van der Waals surface area (Å²) in [5.41, 5.74) is 9.36. The van der Waals surface area contributed by atoms with E-state index in [0.717, 1.165) is 27.7 Å². The molecule has 4 aromatic rings. The van der Waals surface area contributed by atoms with Crippen LogP contribution in [0.3, 0.4) is 0 Å². The van der Waals surface area contributed by atoms with Crippen molar-refractivity contribution in [3.63, 3.8) is 0 Å². The van der Waals surface area contributed by atoms with Crippen molar-refractivity contribution >= 4 is 28.4 Å². The smallest absolute Gasteiger partial charge is 0.330 e. The summed E-state index contributed by atoms with van der Waals surface area (Å²) in [5.74, 6) is -0.406. The predicted octanol–water partition coefficient (Wildman–Crippen LogP) is 3.14. The highest BCUT2D eigenvalue weighted by Crippen LogP contribution is 2.28. The Balaban J connectivity index is 1.73. The Bertz CT molecular complexity index is 1500. The molecule has 36 heavy (non-hydrogen) atoms. The highest BCUT2D eigenvalue weighted by molar-refractivity contribution is 5.99. The summed E-state index contributed by atoms with van der Waals surface area (Å²) in [5, 5.41) is 0.847. The lowest BCUT2D eigenvalue weighted by Crippen LogP contribution is -2.42. The number of carbonyl (C=O) groups is 1. The number of nitrogen functional groups attached to an aromatic ring is 1. The maximum absolute atomic E-state index is 13.6. The number of nitrogens with zero attached hydrogens (tertiary/aromatic N) is 2. The van der Waals surface area contributed by atoms with Crippen molar-refractivity contribution in [1.82, 2.24) is 9.55 Å². The number of nitrogens with two attached hydrogens (primary N) is 1. The maximum atomic E-state index is 13.6. The van der Waals surface area contributed by atoms with Gasteiger partial charge in [0.15, 0.2) is 5.69 Å². The highest BCUT2D eigenvalue weighted by atomic mass is 16.5. The summed E-state index contributed by atoms with van der Waals surface area (Å²) in [7, 11) is 1.56. The summed E-state index contributed by atoms with van der Waals surface area (Å²) in [6.45, 7) is 4.70. The first kappa shape index (κ1) is 25.0. The second-order valence-corrected chi connectivity index (χ2v) is 8.78. The largest absolute Gasteiger partial charge is 0.464 e. The van der Waals surface area contributed by atoms with Crippen LogP contribution in [-0.4, -0.2) is 35.7 Å². The Hall–Kier alpha value is -4.11. The van der Waals surface area contributed by atoms with Gasteiger partial charge >= 0.3 is 5.69 Å². The molecule has 0 spiro atoms. The van der Waals surface area contributed by atoms with Crippen LogP contribution in [0.4, 0.5) is 11.5 Å². The van der Waals surface area contributed by atoms with Crippen LogP contribution >= 0.6 is 0 Å². The fourth-order valence-corrected chi connectivity index (χ4v) is 4.27. The van der Waals surface area contributed by atoms with E-state index in [0.29, 0.717) is 18.6 Å². The lowest BCUT2D eigenvalue weighted by atomic mass is 10.0. The van der Waals surface area contributed by atoms with Crippen LogP contribution in [0.1, 0.15) is 28.7 Å². The number of ether oxygens (including phenoxy) is 1. The van der Waals surface area contributed by atoms with E-state index in [9.17, 15) is 14.4 Å². The van der Waals surface area contributed by atoms with Gasteiger partial charge in [-0.1, -0.05) is 42.5 Å². The van der Waals surface area contributed by atoms with Gasteiger partial charge in [-0.2, -0.15) is 0 Å². The molecule has 3 N–H and O–H groups in total. The number of benzene rings is 2. The number of carbonyl (C=O) groups excluding carboxylic acids is 1. The van der Waals surface area contributed by atoms with Crippen molar-refractivity contribution in [3.8, 4) is 0 Å². The zero-order valence-corrected chi connectivity index (χ0v) is 20.7. The zero-order chi connectivity index (χ0) is 25.8. The second-order valence-electron chi connectivity index (χ2n) is 8.78. The van der Waals surface area contributed by atoms with Gasteiger partial charge in [0.1, 0.15) is 11.4 Å². The minimum absolute atomic E-state index is 0.000819. The van der Waals surface area contributed by atoms with Crippen molar-refractivity contribution in [2.24, 2.45) is 0 Å². The topological polar surface area (TPSA) is 124 Å². The van der Waals surface area contributed by atoms with E-state index in [1.165, 1.54) is 9.47 Å². The first-order chi connectivity index (χ1) is 17.3. The van der Waals surface area contributed by atoms with Gasteiger partial charge in [0, 0.05) is 31.2 Å². The molecule has 0 saturated heterocycles. The summed E-state index contributed by atoms with van der Waals surface area (Å²) in [6, 6.07) is 13.2. The lowest BCUT2D eigenvalue weighted by molar-refractivity contribution is -0.118. The molecule has 0 fully saturated rings. The van der Waals surface area contributed by atoms with Crippen molar-refractivity contribution in [2.45, 2.75) is 33.2 Å². The normalized spacial score (nSPS) is 11.2. The average molecular weight is 491 g/mol. The highest BCUT2D eigenvalue weighted by Gasteiger charge is 2.25. The van der Waals surface area contributed by atoms with E-state index in [1.807, 2.05) is 56.3 Å². The molecule has 2 aromatic carbocycles. The first-order valence-electron chi connectivity index (χ1n) is 11.7. The van der Waals surface area contributed by atoms with Crippen LogP contribution in [0.5, 0.6) is 0 Å². The van der Waals surface area contributed by atoms with Gasteiger partial charge in [-0.15, -0.1) is 0 Å². The molecule has 188 valence electrons. The number of furan rings is 1. The van der Waals surface area contributed by atoms with Crippen molar-refractivity contribution < 1.29 is 13.9 Å². The van der Waals surface area contributed by atoms with Crippen LogP contribution in [-0.2, 0) is 22.5 Å². The summed E-state index contributed by atoms with van der Waals surface area (Å²) in [4.78, 5) is 42.8. The maximum Gasteiger partial charge on any atom is 0.330 e. The molecular formula is C27H30N4O5. The molecule has 9 heteroatoms. The predicted molar refractivity (Wildman–Crippen MR) is 140 cm³/mol. The molecule has 0 aliphatic rings. The number of fused-ring (bicyclic) bond motifs is 1. The molecule has 4 rings (SSSR count). The second kappa shape index (κ2) is 10.7. The Kier molecular flexibility index (Phi) is 7.40. The minimum Gasteiger partial charge on any atom is -0.464 e. The first-order valence-corrected chi connectivity index (χ1v) is 11.7.